The molecular weight excluding hydrogens is 188 g/mol. The molecule has 4 N–H and O–H groups in total. The van der Waals surface area contributed by atoms with Crippen LogP contribution in [0.5, 0.6) is 5.75 Å². The Hall–Kier alpha value is -1.06. The lowest BCUT2D eigenvalue weighted by Gasteiger charge is -2.15. The minimum atomic E-state index is -0.0735. The van der Waals surface area contributed by atoms with E-state index in [1.807, 2.05) is 25.1 Å². The van der Waals surface area contributed by atoms with E-state index < -0.39 is 0 Å². The molecule has 0 saturated carbocycles. The van der Waals surface area contributed by atoms with Gasteiger partial charge in [0.1, 0.15) is 5.75 Å². The van der Waals surface area contributed by atoms with E-state index in [0.717, 1.165) is 17.7 Å². The van der Waals surface area contributed by atoms with Gasteiger partial charge in [-0.2, -0.15) is 0 Å². The summed E-state index contributed by atoms with van der Waals surface area (Å²) in [7, 11) is 0. The van der Waals surface area contributed by atoms with Crippen LogP contribution in [0.25, 0.3) is 0 Å². The van der Waals surface area contributed by atoms with Gasteiger partial charge < -0.3 is 16.2 Å². The zero-order chi connectivity index (χ0) is 11.3. The van der Waals surface area contributed by atoms with Gasteiger partial charge in [-0.3, -0.25) is 0 Å². The molecule has 0 spiro atoms. The third kappa shape index (κ3) is 2.94. The van der Waals surface area contributed by atoms with Crippen molar-refractivity contribution in [1.29, 1.82) is 0 Å². The van der Waals surface area contributed by atoms with E-state index in [0.29, 0.717) is 13.2 Å². The van der Waals surface area contributed by atoms with Gasteiger partial charge in [-0.05, 0) is 36.6 Å². The molecule has 0 radical (unpaired) electrons. The van der Waals surface area contributed by atoms with Crippen molar-refractivity contribution < 1.29 is 4.74 Å². The van der Waals surface area contributed by atoms with Crippen molar-refractivity contribution in [3.63, 3.8) is 0 Å². The normalized spacial score (nSPS) is 12.5. The van der Waals surface area contributed by atoms with Gasteiger partial charge in [0.15, 0.2) is 0 Å². The Morgan fingerprint density at radius 3 is 2.60 bits per heavy atom. The molecule has 1 aromatic carbocycles. The molecule has 0 amide bonds. The Kier molecular flexibility index (Phi) is 4.59. The van der Waals surface area contributed by atoms with Gasteiger partial charge in [0.25, 0.3) is 0 Å². The minimum absolute atomic E-state index is 0.0735. The molecule has 0 aliphatic heterocycles. The van der Waals surface area contributed by atoms with E-state index in [1.54, 1.807) is 0 Å². The summed E-state index contributed by atoms with van der Waals surface area (Å²) in [5, 5.41) is 0. The van der Waals surface area contributed by atoms with Crippen LogP contribution in [0.2, 0.25) is 0 Å². The molecule has 1 rings (SSSR count). The second kappa shape index (κ2) is 5.73. The van der Waals surface area contributed by atoms with E-state index in [4.69, 9.17) is 16.2 Å². The molecule has 0 fully saturated rings. The highest BCUT2D eigenvalue weighted by molar-refractivity contribution is 5.37. The first-order chi connectivity index (χ1) is 7.22. The SMILES string of the molecule is CCOc1ccc(C(N)CN)c(CC)c1. The molecule has 0 aromatic heterocycles. The lowest BCUT2D eigenvalue weighted by Crippen LogP contribution is -2.22. The standard InChI is InChI=1S/C12H20N2O/c1-3-9-7-10(15-4-2)5-6-11(9)12(14)8-13/h5-7,12H,3-4,8,13-14H2,1-2H3. The van der Waals surface area contributed by atoms with Crippen molar-refractivity contribution in [2.45, 2.75) is 26.3 Å². The molecule has 0 aliphatic rings. The maximum Gasteiger partial charge on any atom is 0.119 e. The van der Waals surface area contributed by atoms with Crippen molar-refractivity contribution in [2.75, 3.05) is 13.2 Å². The summed E-state index contributed by atoms with van der Waals surface area (Å²) in [6.07, 6.45) is 0.948. The summed E-state index contributed by atoms with van der Waals surface area (Å²) in [6, 6.07) is 5.94. The molecule has 1 aromatic rings. The molecule has 0 heterocycles. The highest BCUT2D eigenvalue weighted by Gasteiger charge is 2.09. The van der Waals surface area contributed by atoms with Crippen molar-refractivity contribution in [3.8, 4) is 5.75 Å². The summed E-state index contributed by atoms with van der Waals surface area (Å²) < 4.78 is 5.44. The Bertz CT molecular complexity index is 312. The van der Waals surface area contributed by atoms with Crippen LogP contribution < -0.4 is 16.2 Å². The average Bonchev–Trinajstić information content (AvgIpc) is 2.28. The van der Waals surface area contributed by atoms with E-state index in [1.165, 1.54) is 5.56 Å². The van der Waals surface area contributed by atoms with E-state index in [2.05, 4.69) is 6.92 Å². The minimum Gasteiger partial charge on any atom is -0.494 e. The fourth-order valence-electron chi connectivity index (χ4n) is 1.63. The van der Waals surface area contributed by atoms with Crippen molar-refractivity contribution >= 4 is 0 Å². The molecule has 0 bridgehead atoms. The van der Waals surface area contributed by atoms with E-state index in [9.17, 15) is 0 Å². The van der Waals surface area contributed by atoms with Crippen LogP contribution in [-0.4, -0.2) is 13.2 Å². The molecule has 1 unspecified atom stereocenters. The van der Waals surface area contributed by atoms with Gasteiger partial charge in [-0.1, -0.05) is 13.0 Å². The molecule has 3 heteroatoms. The van der Waals surface area contributed by atoms with Crippen molar-refractivity contribution in [3.05, 3.63) is 29.3 Å². The number of hydrogen-bond donors (Lipinski definition) is 2. The van der Waals surface area contributed by atoms with Gasteiger partial charge in [0, 0.05) is 12.6 Å². The lowest BCUT2D eigenvalue weighted by molar-refractivity contribution is 0.339. The largest absolute Gasteiger partial charge is 0.494 e. The fraction of sp³-hybridized carbons (Fsp3) is 0.500. The quantitative estimate of drug-likeness (QED) is 0.772. The fourth-order valence-corrected chi connectivity index (χ4v) is 1.63. The number of nitrogens with two attached hydrogens (primary N) is 2. The zero-order valence-electron chi connectivity index (χ0n) is 9.49. The summed E-state index contributed by atoms with van der Waals surface area (Å²) in [4.78, 5) is 0. The number of aryl methyl sites for hydroxylation is 1. The van der Waals surface area contributed by atoms with Gasteiger partial charge in [-0.25, -0.2) is 0 Å². The van der Waals surface area contributed by atoms with E-state index in [-0.39, 0.29) is 6.04 Å². The van der Waals surface area contributed by atoms with Crippen LogP contribution in [0, 0.1) is 0 Å². The first-order valence-corrected chi connectivity index (χ1v) is 5.44. The Labute approximate surface area is 91.4 Å². The van der Waals surface area contributed by atoms with Crippen LogP contribution in [-0.2, 0) is 6.42 Å². The maximum absolute atomic E-state index is 5.93. The number of ether oxygens (including phenoxy) is 1. The smallest absolute Gasteiger partial charge is 0.119 e. The van der Waals surface area contributed by atoms with Gasteiger partial charge in [-0.15, -0.1) is 0 Å². The van der Waals surface area contributed by atoms with Crippen LogP contribution in [0.4, 0.5) is 0 Å². The molecule has 0 saturated heterocycles. The van der Waals surface area contributed by atoms with Crippen molar-refractivity contribution in [1.82, 2.24) is 0 Å². The monoisotopic (exact) mass is 208 g/mol. The van der Waals surface area contributed by atoms with Crippen LogP contribution in [0.1, 0.15) is 31.0 Å². The summed E-state index contributed by atoms with van der Waals surface area (Å²) in [6.45, 7) is 5.25. The Morgan fingerprint density at radius 1 is 1.33 bits per heavy atom. The third-order valence-corrected chi connectivity index (χ3v) is 2.46. The zero-order valence-corrected chi connectivity index (χ0v) is 9.49. The summed E-state index contributed by atoms with van der Waals surface area (Å²) in [5.74, 6) is 0.905. The number of rotatable bonds is 5. The second-order valence-corrected chi connectivity index (χ2v) is 3.49. The highest BCUT2D eigenvalue weighted by atomic mass is 16.5. The summed E-state index contributed by atoms with van der Waals surface area (Å²) >= 11 is 0. The van der Waals surface area contributed by atoms with Crippen LogP contribution in [0.15, 0.2) is 18.2 Å². The number of benzene rings is 1. The van der Waals surface area contributed by atoms with Crippen LogP contribution >= 0.6 is 0 Å². The predicted octanol–water partition coefficient (Wildman–Crippen LogP) is 1.61. The topological polar surface area (TPSA) is 61.3 Å². The van der Waals surface area contributed by atoms with Gasteiger partial charge >= 0.3 is 0 Å². The molecule has 3 nitrogen and oxygen atoms in total. The molecule has 15 heavy (non-hydrogen) atoms. The lowest BCUT2D eigenvalue weighted by atomic mass is 9.99. The number of hydrogen-bond acceptors (Lipinski definition) is 3. The summed E-state index contributed by atoms with van der Waals surface area (Å²) in [5.41, 5.74) is 13.8. The molecule has 1 atom stereocenters. The first-order valence-electron chi connectivity index (χ1n) is 5.44. The van der Waals surface area contributed by atoms with Crippen molar-refractivity contribution in [2.24, 2.45) is 11.5 Å². The highest BCUT2D eigenvalue weighted by Crippen LogP contribution is 2.22. The third-order valence-electron chi connectivity index (χ3n) is 2.46. The van der Waals surface area contributed by atoms with Gasteiger partial charge in [0.05, 0.1) is 6.61 Å². The Morgan fingerprint density at radius 2 is 2.07 bits per heavy atom. The molecule has 0 aliphatic carbocycles. The van der Waals surface area contributed by atoms with E-state index >= 15 is 0 Å². The maximum atomic E-state index is 5.93. The second-order valence-electron chi connectivity index (χ2n) is 3.49. The first kappa shape index (κ1) is 12.0. The Balaban J connectivity index is 2.98. The predicted molar refractivity (Wildman–Crippen MR) is 63.0 cm³/mol. The molecular formula is C12H20N2O. The van der Waals surface area contributed by atoms with Gasteiger partial charge in [0.2, 0.25) is 0 Å². The molecule has 84 valence electrons. The average molecular weight is 208 g/mol. The van der Waals surface area contributed by atoms with Crippen LogP contribution in [0.3, 0.4) is 0 Å².